The summed E-state index contributed by atoms with van der Waals surface area (Å²) in [6, 6.07) is 18.2. The molecule has 0 spiro atoms. The Kier molecular flexibility index (Phi) is 3.31. The Balaban J connectivity index is 1.77. The van der Waals surface area contributed by atoms with Crippen molar-refractivity contribution in [2.24, 2.45) is 0 Å². The summed E-state index contributed by atoms with van der Waals surface area (Å²) in [4.78, 5) is 14.5. The van der Waals surface area contributed by atoms with Gasteiger partial charge in [-0.15, -0.1) is 0 Å². The van der Waals surface area contributed by atoms with Crippen LogP contribution in [-0.2, 0) is 15.3 Å². The number of ether oxygens (including phenoxy) is 1. The normalized spacial score (nSPS) is 27.2. The van der Waals surface area contributed by atoms with Crippen molar-refractivity contribution in [2.75, 3.05) is 6.61 Å². The first-order valence-corrected chi connectivity index (χ1v) is 8.27. The van der Waals surface area contributed by atoms with Crippen LogP contribution in [0.25, 0.3) is 0 Å². The van der Waals surface area contributed by atoms with E-state index in [0.29, 0.717) is 13.0 Å². The lowest BCUT2D eigenvalue weighted by atomic mass is 9.99. The van der Waals surface area contributed by atoms with Gasteiger partial charge in [0.05, 0.1) is 12.6 Å². The molecule has 2 atom stereocenters. The Morgan fingerprint density at radius 2 is 1.82 bits per heavy atom. The lowest BCUT2D eigenvalue weighted by Crippen LogP contribution is -2.40. The van der Waals surface area contributed by atoms with Gasteiger partial charge in [0.1, 0.15) is 0 Å². The van der Waals surface area contributed by atoms with Gasteiger partial charge in [0, 0.05) is 22.9 Å². The van der Waals surface area contributed by atoms with Crippen molar-refractivity contribution < 1.29 is 9.53 Å². The molecule has 22 heavy (non-hydrogen) atoms. The Labute approximate surface area is 138 Å². The predicted molar refractivity (Wildman–Crippen MR) is 87.0 cm³/mol. The van der Waals surface area contributed by atoms with Crippen LogP contribution in [0.15, 0.2) is 59.1 Å². The third-order valence-corrected chi connectivity index (χ3v) is 5.14. The molecular weight excluding hydrogens is 342 g/mol. The van der Waals surface area contributed by atoms with E-state index in [1.54, 1.807) is 0 Å². The summed E-state index contributed by atoms with van der Waals surface area (Å²) in [6.07, 6.45) is 1.26. The third-order valence-electron chi connectivity index (χ3n) is 4.61. The molecule has 2 aromatic carbocycles. The number of carbonyl (C=O) groups excluding carboxylic acids is 1. The van der Waals surface area contributed by atoms with Gasteiger partial charge in [-0.25, -0.2) is 0 Å². The van der Waals surface area contributed by atoms with Gasteiger partial charge in [0.2, 0.25) is 5.91 Å². The first-order chi connectivity index (χ1) is 10.7. The minimum Gasteiger partial charge on any atom is -0.349 e. The van der Waals surface area contributed by atoms with Crippen LogP contribution >= 0.6 is 15.9 Å². The van der Waals surface area contributed by atoms with Gasteiger partial charge in [-0.3, -0.25) is 4.79 Å². The van der Waals surface area contributed by atoms with Gasteiger partial charge >= 0.3 is 0 Å². The lowest BCUT2D eigenvalue weighted by molar-refractivity contribution is -0.139. The molecule has 2 saturated heterocycles. The van der Waals surface area contributed by atoms with Crippen molar-refractivity contribution in [3.8, 4) is 0 Å². The van der Waals surface area contributed by atoms with Gasteiger partial charge in [-0.2, -0.15) is 0 Å². The van der Waals surface area contributed by atoms with Gasteiger partial charge in [-0.1, -0.05) is 58.4 Å². The molecular formula is C18H16BrNO2. The summed E-state index contributed by atoms with van der Waals surface area (Å²) in [7, 11) is 0. The molecule has 4 rings (SSSR count). The van der Waals surface area contributed by atoms with E-state index in [4.69, 9.17) is 4.74 Å². The van der Waals surface area contributed by atoms with Crippen LogP contribution in [-0.4, -0.2) is 17.4 Å². The van der Waals surface area contributed by atoms with Crippen LogP contribution in [0.1, 0.15) is 30.0 Å². The largest absolute Gasteiger partial charge is 0.349 e. The van der Waals surface area contributed by atoms with E-state index in [2.05, 4.69) is 28.1 Å². The van der Waals surface area contributed by atoms with E-state index in [9.17, 15) is 4.79 Å². The highest BCUT2D eigenvalue weighted by atomic mass is 79.9. The molecule has 0 aliphatic carbocycles. The second-order valence-corrected chi connectivity index (χ2v) is 6.71. The Morgan fingerprint density at radius 3 is 2.55 bits per heavy atom. The summed E-state index contributed by atoms with van der Waals surface area (Å²) in [5.74, 6) is 0.175. The van der Waals surface area contributed by atoms with Crippen LogP contribution in [0, 0.1) is 0 Å². The molecule has 0 radical (unpaired) electrons. The molecule has 0 N–H and O–H groups in total. The fourth-order valence-corrected chi connectivity index (χ4v) is 3.84. The zero-order chi connectivity index (χ0) is 15.2. The van der Waals surface area contributed by atoms with E-state index in [1.165, 1.54) is 0 Å². The lowest BCUT2D eigenvalue weighted by Gasteiger charge is -2.33. The number of carbonyl (C=O) groups is 1. The quantitative estimate of drug-likeness (QED) is 0.812. The van der Waals surface area contributed by atoms with Gasteiger partial charge in [0.25, 0.3) is 0 Å². The van der Waals surface area contributed by atoms with Crippen molar-refractivity contribution in [3.63, 3.8) is 0 Å². The van der Waals surface area contributed by atoms with Crippen molar-refractivity contribution in [3.05, 3.63) is 70.2 Å². The summed E-state index contributed by atoms with van der Waals surface area (Å²) in [6.45, 7) is 0.547. The van der Waals surface area contributed by atoms with Crippen molar-refractivity contribution in [1.82, 2.24) is 4.90 Å². The number of hydrogen-bond donors (Lipinski definition) is 0. The standard InChI is InChI=1S/C18H16BrNO2/c19-15-8-6-14(7-9-15)18-11-10-17(21)20(18)16(12-22-18)13-4-2-1-3-5-13/h1-9,16H,10-12H2. The molecule has 2 fully saturated rings. The second-order valence-electron chi connectivity index (χ2n) is 5.79. The molecule has 2 aromatic rings. The summed E-state index contributed by atoms with van der Waals surface area (Å²) in [5.41, 5.74) is 1.59. The van der Waals surface area contributed by atoms with E-state index < -0.39 is 5.72 Å². The topological polar surface area (TPSA) is 29.5 Å². The maximum Gasteiger partial charge on any atom is 0.225 e. The SMILES string of the molecule is O=C1CCC2(c3ccc(Br)cc3)OCC(c3ccccc3)N12. The van der Waals surface area contributed by atoms with Crippen molar-refractivity contribution in [1.29, 1.82) is 0 Å². The van der Waals surface area contributed by atoms with Crippen LogP contribution in [0.2, 0.25) is 0 Å². The van der Waals surface area contributed by atoms with Crippen molar-refractivity contribution in [2.45, 2.75) is 24.6 Å². The molecule has 1 amide bonds. The number of rotatable bonds is 2. The smallest absolute Gasteiger partial charge is 0.225 e. The van der Waals surface area contributed by atoms with Gasteiger partial charge in [-0.05, 0) is 17.7 Å². The second kappa shape index (κ2) is 5.21. The first kappa shape index (κ1) is 14.0. The van der Waals surface area contributed by atoms with E-state index in [0.717, 1.165) is 22.0 Å². The van der Waals surface area contributed by atoms with Gasteiger partial charge < -0.3 is 9.64 Å². The average molecular weight is 358 g/mol. The molecule has 3 nitrogen and oxygen atoms in total. The number of halogens is 1. The first-order valence-electron chi connectivity index (χ1n) is 7.48. The maximum absolute atomic E-state index is 12.5. The number of hydrogen-bond acceptors (Lipinski definition) is 2. The highest BCUT2D eigenvalue weighted by molar-refractivity contribution is 9.10. The molecule has 2 aliphatic heterocycles. The molecule has 0 bridgehead atoms. The van der Waals surface area contributed by atoms with E-state index in [-0.39, 0.29) is 11.9 Å². The Bertz CT molecular complexity index is 701. The Morgan fingerprint density at radius 1 is 1.09 bits per heavy atom. The molecule has 2 unspecified atom stereocenters. The Hall–Kier alpha value is -1.65. The maximum atomic E-state index is 12.5. The number of amides is 1. The monoisotopic (exact) mass is 357 g/mol. The molecule has 0 saturated carbocycles. The summed E-state index contributed by atoms with van der Waals surface area (Å²) in [5, 5.41) is 0. The predicted octanol–water partition coefficient (Wildman–Crippen LogP) is 4.00. The molecule has 4 heteroatoms. The van der Waals surface area contributed by atoms with Crippen LogP contribution in [0.5, 0.6) is 0 Å². The highest BCUT2D eigenvalue weighted by Gasteiger charge is 2.55. The fourth-order valence-electron chi connectivity index (χ4n) is 3.57. The highest BCUT2D eigenvalue weighted by Crippen LogP contribution is 2.50. The van der Waals surface area contributed by atoms with Crippen LogP contribution in [0.3, 0.4) is 0 Å². The summed E-state index contributed by atoms with van der Waals surface area (Å²) < 4.78 is 7.25. The third kappa shape index (κ3) is 2.02. The molecule has 2 heterocycles. The summed E-state index contributed by atoms with van der Waals surface area (Å²) >= 11 is 3.46. The van der Waals surface area contributed by atoms with Crippen LogP contribution in [0.4, 0.5) is 0 Å². The molecule has 112 valence electrons. The van der Waals surface area contributed by atoms with E-state index in [1.807, 2.05) is 47.4 Å². The number of nitrogens with zero attached hydrogens (tertiary/aromatic N) is 1. The average Bonchev–Trinajstić information content (AvgIpc) is 3.09. The van der Waals surface area contributed by atoms with E-state index >= 15 is 0 Å². The van der Waals surface area contributed by atoms with Crippen LogP contribution < -0.4 is 0 Å². The minimum absolute atomic E-state index is 0.000142. The zero-order valence-corrected chi connectivity index (χ0v) is 13.6. The fraction of sp³-hybridized carbons (Fsp3) is 0.278. The molecule has 2 aliphatic rings. The minimum atomic E-state index is -0.599. The number of benzene rings is 2. The molecule has 0 aromatic heterocycles. The zero-order valence-electron chi connectivity index (χ0n) is 12.0. The van der Waals surface area contributed by atoms with Crippen molar-refractivity contribution >= 4 is 21.8 Å². The van der Waals surface area contributed by atoms with Gasteiger partial charge in [0.15, 0.2) is 5.72 Å². The number of fused-ring (bicyclic) bond motifs is 1.